The second-order valence-corrected chi connectivity index (χ2v) is 9.28. The summed E-state index contributed by atoms with van der Waals surface area (Å²) in [7, 11) is 0. The third-order valence-corrected chi connectivity index (χ3v) is 6.48. The smallest absolute Gasteiger partial charge is 0.220 e. The summed E-state index contributed by atoms with van der Waals surface area (Å²) in [6.07, 6.45) is 17.0. The number of aliphatic hydroxyl groups excluding tert-OH is 1. The maximum Gasteiger partial charge on any atom is 0.220 e. The lowest BCUT2D eigenvalue weighted by Gasteiger charge is -2.27. The van der Waals surface area contributed by atoms with E-state index in [4.69, 9.17) is 9.47 Å². The number of rotatable bonds is 12. The molecular weight excluding hydrogens is 404 g/mol. The lowest BCUT2D eigenvalue weighted by Crippen LogP contribution is -2.45. The number of unbranched alkanes of at least 4 members (excludes halogenated alkanes) is 4. The maximum absolute atomic E-state index is 12.6. The molecule has 2 heterocycles. The standard InChI is InChI=1S/C26H42N2O4/c1-2-3-4-5-6-10-26(30)27-22(20-28-15-7-8-16-28)19-23(29)21-11-13-24-25(14-12-21)32-18-9-17-31-24/h11-14,22-24,29H,2-10,15-20H2,1H3,(H,27,30)/t22-,23-,24?/m0/s1. The van der Waals surface area contributed by atoms with Crippen LogP contribution in [0.1, 0.15) is 71.1 Å². The molecule has 180 valence electrons. The third-order valence-electron chi connectivity index (χ3n) is 6.48. The Bertz CT molecular complexity index is 667. The molecule has 2 aliphatic heterocycles. The lowest BCUT2D eigenvalue weighted by atomic mass is 10.0. The van der Waals surface area contributed by atoms with E-state index in [1.807, 2.05) is 24.3 Å². The Labute approximate surface area is 193 Å². The molecule has 2 N–H and O–H groups in total. The molecule has 3 atom stereocenters. The van der Waals surface area contributed by atoms with Crippen molar-refractivity contribution in [3.05, 3.63) is 35.6 Å². The number of hydrogen-bond donors (Lipinski definition) is 2. The third kappa shape index (κ3) is 8.38. The predicted molar refractivity (Wildman–Crippen MR) is 127 cm³/mol. The van der Waals surface area contributed by atoms with Gasteiger partial charge in [-0.3, -0.25) is 4.79 Å². The largest absolute Gasteiger partial charge is 0.495 e. The van der Waals surface area contributed by atoms with Crippen molar-refractivity contribution in [2.45, 2.75) is 89.4 Å². The Kier molecular flexibility index (Phi) is 10.8. The van der Waals surface area contributed by atoms with Crippen molar-refractivity contribution in [2.75, 3.05) is 32.8 Å². The molecule has 6 nitrogen and oxygen atoms in total. The van der Waals surface area contributed by atoms with E-state index in [2.05, 4.69) is 17.1 Å². The number of likely N-dealkylation sites (tertiary alicyclic amines) is 1. The van der Waals surface area contributed by atoms with Crippen molar-refractivity contribution in [2.24, 2.45) is 0 Å². The highest BCUT2D eigenvalue weighted by atomic mass is 16.5. The van der Waals surface area contributed by atoms with Gasteiger partial charge in [0.25, 0.3) is 0 Å². The van der Waals surface area contributed by atoms with E-state index >= 15 is 0 Å². The fraction of sp³-hybridized carbons (Fsp3) is 0.731. The number of ether oxygens (including phenoxy) is 2. The van der Waals surface area contributed by atoms with E-state index in [-0.39, 0.29) is 18.1 Å². The van der Waals surface area contributed by atoms with Gasteiger partial charge in [-0.05, 0) is 56.5 Å². The first-order valence-corrected chi connectivity index (χ1v) is 12.7. The van der Waals surface area contributed by atoms with E-state index < -0.39 is 6.10 Å². The van der Waals surface area contributed by atoms with Gasteiger partial charge in [-0.2, -0.15) is 0 Å². The fourth-order valence-electron chi connectivity index (χ4n) is 4.62. The number of fused-ring (bicyclic) bond motifs is 1. The van der Waals surface area contributed by atoms with Crippen LogP contribution in [0.4, 0.5) is 0 Å². The monoisotopic (exact) mass is 446 g/mol. The predicted octanol–water partition coefficient (Wildman–Crippen LogP) is 3.86. The number of nitrogens with zero attached hydrogens (tertiary/aromatic N) is 1. The zero-order valence-corrected chi connectivity index (χ0v) is 19.8. The molecule has 0 spiro atoms. The molecule has 2 fully saturated rings. The molecule has 0 radical (unpaired) electrons. The first kappa shape index (κ1) is 25.0. The van der Waals surface area contributed by atoms with Crippen LogP contribution >= 0.6 is 0 Å². The zero-order valence-electron chi connectivity index (χ0n) is 19.8. The first-order chi connectivity index (χ1) is 15.7. The topological polar surface area (TPSA) is 71.0 Å². The highest BCUT2D eigenvalue weighted by Crippen LogP contribution is 2.22. The molecule has 3 rings (SSSR count). The first-order valence-electron chi connectivity index (χ1n) is 12.7. The number of allylic oxidation sites excluding steroid dienone is 2. The second kappa shape index (κ2) is 13.8. The van der Waals surface area contributed by atoms with E-state index in [1.54, 1.807) is 0 Å². The Morgan fingerprint density at radius 1 is 1.16 bits per heavy atom. The van der Waals surface area contributed by atoms with E-state index in [1.165, 1.54) is 32.1 Å². The van der Waals surface area contributed by atoms with E-state index in [9.17, 15) is 9.90 Å². The zero-order chi connectivity index (χ0) is 22.6. The Balaban J connectivity index is 1.56. The summed E-state index contributed by atoms with van der Waals surface area (Å²) in [6.45, 7) is 6.48. The van der Waals surface area contributed by atoms with Gasteiger partial charge in [0.15, 0.2) is 0 Å². The minimum Gasteiger partial charge on any atom is -0.495 e. The average molecular weight is 447 g/mol. The molecular formula is C26H42N2O4. The summed E-state index contributed by atoms with van der Waals surface area (Å²) in [6, 6.07) is -0.0607. The van der Waals surface area contributed by atoms with Crippen LogP contribution < -0.4 is 5.32 Å². The van der Waals surface area contributed by atoms with Gasteiger partial charge in [0.1, 0.15) is 11.9 Å². The van der Waals surface area contributed by atoms with Gasteiger partial charge in [-0.25, -0.2) is 0 Å². The van der Waals surface area contributed by atoms with Gasteiger partial charge >= 0.3 is 0 Å². The summed E-state index contributed by atoms with van der Waals surface area (Å²) >= 11 is 0. The van der Waals surface area contributed by atoms with E-state index in [0.29, 0.717) is 26.1 Å². The van der Waals surface area contributed by atoms with Crippen molar-refractivity contribution in [3.63, 3.8) is 0 Å². The van der Waals surface area contributed by atoms with Crippen LogP contribution in [0.3, 0.4) is 0 Å². The van der Waals surface area contributed by atoms with Crippen LogP contribution in [0.15, 0.2) is 35.6 Å². The molecule has 0 saturated carbocycles. The summed E-state index contributed by atoms with van der Waals surface area (Å²) in [5.74, 6) is 0.903. The van der Waals surface area contributed by atoms with Crippen molar-refractivity contribution in [1.82, 2.24) is 10.2 Å². The Morgan fingerprint density at radius 3 is 2.78 bits per heavy atom. The van der Waals surface area contributed by atoms with Crippen LogP contribution in [-0.2, 0) is 14.3 Å². The number of nitrogens with one attached hydrogen (secondary N) is 1. The van der Waals surface area contributed by atoms with Gasteiger partial charge in [0.2, 0.25) is 5.91 Å². The van der Waals surface area contributed by atoms with Gasteiger partial charge in [0, 0.05) is 25.4 Å². The van der Waals surface area contributed by atoms with Crippen LogP contribution in [-0.4, -0.2) is 67.0 Å². The van der Waals surface area contributed by atoms with Crippen molar-refractivity contribution in [1.29, 1.82) is 0 Å². The summed E-state index contributed by atoms with van der Waals surface area (Å²) < 4.78 is 11.6. The molecule has 1 amide bonds. The number of aliphatic hydroxyl groups is 1. The van der Waals surface area contributed by atoms with Gasteiger partial charge < -0.3 is 24.8 Å². The van der Waals surface area contributed by atoms with Crippen molar-refractivity contribution in [3.8, 4) is 0 Å². The molecule has 2 saturated heterocycles. The second-order valence-electron chi connectivity index (χ2n) is 9.28. The number of hydrogen-bond acceptors (Lipinski definition) is 5. The van der Waals surface area contributed by atoms with Gasteiger partial charge in [-0.15, -0.1) is 0 Å². The highest BCUT2D eigenvalue weighted by Gasteiger charge is 2.24. The van der Waals surface area contributed by atoms with Crippen LogP contribution in [0.25, 0.3) is 0 Å². The normalized spacial score (nSPS) is 23.2. The van der Waals surface area contributed by atoms with Crippen LogP contribution in [0, 0.1) is 0 Å². The Hall–Kier alpha value is -1.63. The van der Waals surface area contributed by atoms with Crippen molar-refractivity contribution < 1.29 is 19.4 Å². The number of amides is 1. The van der Waals surface area contributed by atoms with Crippen molar-refractivity contribution >= 4 is 5.91 Å². The summed E-state index contributed by atoms with van der Waals surface area (Å²) in [4.78, 5) is 15.0. The summed E-state index contributed by atoms with van der Waals surface area (Å²) in [5.41, 5.74) is 0.831. The van der Waals surface area contributed by atoms with Crippen LogP contribution in [0.5, 0.6) is 0 Å². The number of carbonyl (C=O) groups is 1. The lowest BCUT2D eigenvalue weighted by molar-refractivity contribution is -0.122. The van der Waals surface area contributed by atoms with Crippen LogP contribution in [0.2, 0.25) is 0 Å². The SMILES string of the molecule is CCCCCCCC(=O)N[C@@H](C[C@H](O)C1=CC=C2OCCCOC2C=C1)CN1CCCC1. The Morgan fingerprint density at radius 2 is 1.97 bits per heavy atom. The quantitative estimate of drug-likeness (QED) is 0.446. The fourth-order valence-corrected chi connectivity index (χ4v) is 4.62. The molecule has 0 aromatic heterocycles. The molecule has 0 aromatic carbocycles. The minimum absolute atomic E-state index is 0.0607. The molecule has 1 unspecified atom stereocenters. The van der Waals surface area contributed by atoms with Gasteiger partial charge in [-0.1, -0.05) is 44.8 Å². The molecule has 6 heteroatoms. The molecule has 0 bridgehead atoms. The molecule has 3 aliphatic rings. The molecule has 1 aliphatic carbocycles. The average Bonchev–Trinajstić information content (AvgIpc) is 3.06. The van der Waals surface area contributed by atoms with Gasteiger partial charge in [0.05, 0.1) is 19.3 Å². The molecule has 0 aromatic rings. The minimum atomic E-state index is -0.650. The summed E-state index contributed by atoms with van der Waals surface area (Å²) in [5, 5.41) is 14.2. The molecule has 32 heavy (non-hydrogen) atoms. The highest BCUT2D eigenvalue weighted by molar-refractivity contribution is 5.76. The maximum atomic E-state index is 12.6. The number of carbonyl (C=O) groups excluding carboxylic acids is 1. The van der Waals surface area contributed by atoms with E-state index in [0.717, 1.165) is 50.2 Å².